The van der Waals surface area contributed by atoms with Gasteiger partial charge in [-0.15, -0.1) is 10.2 Å². The molecule has 0 saturated carbocycles. The second kappa shape index (κ2) is 10.5. The van der Waals surface area contributed by atoms with Crippen LogP contribution in [0.4, 0.5) is 0 Å². The standard InChI is InChI=1S/C23H28N2O2/c1-17(2)13-14-27-23-12-11-22(24-25-23)10-9-20-5-7-21(8-6-20)16-18(3)15-19(4)26/h5-8,11-12,17-18H,13-16H2,1-4H3. The molecule has 4 nitrogen and oxygen atoms in total. The van der Waals surface area contributed by atoms with E-state index in [9.17, 15) is 4.79 Å². The Labute approximate surface area is 162 Å². The Hall–Kier alpha value is -2.67. The minimum absolute atomic E-state index is 0.238. The highest BCUT2D eigenvalue weighted by atomic mass is 16.5. The largest absolute Gasteiger partial charge is 0.477 e. The van der Waals surface area contributed by atoms with Crippen LogP contribution in [-0.2, 0) is 11.2 Å². The topological polar surface area (TPSA) is 52.1 Å². The van der Waals surface area contributed by atoms with Crippen LogP contribution < -0.4 is 4.74 Å². The van der Waals surface area contributed by atoms with Gasteiger partial charge in [0.15, 0.2) is 0 Å². The summed E-state index contributed by atoms with van der Waals surface area (Å²) in [5.41, 5.74) is 2.76. The van der Waals surface area contributed by atoms with E-state index < -0.39 is 0 Å². The van der Waals surface area contributed by atoms with Crippen LogP contribution in [0.2, 0.25) is 0 Å². The van der Waals surface area contributed by atoms with Gasteiger partial charge in [-0.25, -0.2) is 0 Å². The monoisotopic (exact) mass is 364 g/mol. The second-order valence-electron chi connectivity index (χ2n) is 7.45. The third-order valence-corrected chi connectivity index (χ3v) is 4.09. The third-order valence-electron chi connectivity index (χ3n) is 4.09. The predicted octanol–water partition coefficient (Wildman–Crippen LogP) is 4.46. The van der Waals surface area contributed by atoms with Crippen molar-refractivity contribution in [2.45, 2.75) is 47.0 Å². The van der Waals surface area contributed by atoms with E-state index in [1.165, 1.54) is 5.56 Å². The van der Waals surface area contributed by atoms with Crippen molar-refractivity contribution in [3.63, 3.8) is 0 Å². The summed E-state index contributed by atoms with van der Waals surface area (Å²) in [5, 5.41) is 8.15. The number of nitrogens with zero attached hydrogens (tertiary/aromatic N) is 2. The van der Waals surface area contributed by atoms with E-state index in [4.69, 9.17) is 4.74 Å². The summed E-state index contributed by atoms with van der Waals surface area (Å²) in [6.07, 6.45) is 2.52. The molecule has 2 rings (SSSR count). The molecule has 27 heavy (non-hydrogen) atoms. The number of hydrogen-bond donors (Lipinski definition) is 0. The van der Waals surface area contributed by atoms with Crippen LogP contribution in [0.25, 0.3) is 0 Å². The number of hydrogen-bond acceptors (Lipinski definition) is 4. The molecule has 1 unspecified atom stereocenters. The Morgan fingerprint density at radius 3 is 2.37 bits per heavy atom. The molecule has 0 radical (unpaired) electrons. The average Bonchev–Trinajstić information content (AvgIpc) is 2.61. The Morgan fingerprint density at radius 1 is 1.04 bits per heavy atom. The van der Waals surface area contributed by atoms with Crippen molar-refractivity contribution in [3.8, 4) is 17.7 Å². The molecule has 0 aliphatic heterocycles. The quantitative estimate of drug-likeness (QED) is 0.649. The lowest BCUT2D eigenvalue weighted by molar-refractivity contribution is -0.117. The van der Waals surface area contributed by atoms with Crippen LogP contribution in [0.3, 0.4) is 0 Å². The first-order valence-corrected chi connectivity index (χ1v) is 9.49. The minimum atomic E-state index is 0.238. The fourth-order valence-electron chi connectivity index (χ4n) is 2.69. The summed E-state index contributed by atoms with van der Waals surface area (Å²) in [4.78, 5) is 11.2. The number of aromatic nitrogens is 2. The first-order valence-electron chi connectivity index (χ1n) is 9.49. The summed E-state index contributed by atoms with van der Waals surface area (Å²) in [6, 6.07) is 11.8. The lowest BCUT2D eigenvalue weighted by atomic mass is 9.96. The molecule has 0 aliphatic rings. The van der Waals surface area contributed by atoms with Crippen molar-refractivity contribution in [2.75, 3.05) is 6.61 Å². The van der Waals surface area contributed by atoms with Gasteiger partial charge in [0, 0.05) is 18.1 Å². The Bertz CT molecular complexity index is 784. The zero-order valence-corrected chi connectivity index (χ0v) is 16.7. The molecule has 0 spiro atoms. The van der Waals surface area contributed by atoms with Gasteiger partial charge < -0.3 is 9.53 Å². The minimum Gasteiger partial charge on any atom is -0.477 e. The number of Topliss-reactive ketones (excluding diaryl/α,β-unsaturated/α-hetero) is 1. The molecule has 1 heterocycles. The molecule has 2 aromatic rings. The summed E-state index contributed by atoms with van der Waals surface area (Å²) < 4.78 is 5.56. The molecular formula is C23H28N2O2. The van der Waals surface area contributed by atoms with Gasteiger partial charge in [-0.05, 0) is 61.3 Å². The van der Waals surface area contributed by atoms with E-state index in [1.54, 1.807) is 13.0 Å². The van der Waals surface area contributed by atoms with Crippen molar-refractivity contribution >= 4 is 5.78 Å². The molecule has 0 amide bonds. The third kappa shape index (κ3) is 8.04. The molecule has 142 valence electrons. The normalized spacial score (nSPS) is 11.6. The molecule has 0 N–H and O–H groups in total. The van der Waals surface area contributed by atoms with Gasteiger partial charge in [0.2, 0.25) is 5.88 Å². The van der Waals surface area contributed by atoms with Crippen molar-refractivity contribution in [2.24, 2.45) is 11.8 Å². The number of carbonyl (C=O) groups is 1. The van der Waals surface area contributed by atoms with Gasteiger partial charge in [0.05, 0.1) is 6.61 Å². The molecule has 0 bridgehead atoms. The van der Waals surface area contributed by atoms with Gasteiger partial charge in [0.1, 0.15) is 11.5 Å². The van der Waals surface area contributed by atoms with E-state index in [2.05, 4.69) is 54.9 Å². The van der Waals surface area contributed by atoms with E-state index >= 15 is 0 Å². The van der Waals surface area contributed by atoms with Crippen LogP contribution in [-0.4, -0.2) is 22.6 Å². The highest BCUT2D eigenvalue weighted by Gasteiger charge is 2.06. The van der Waals surface area contributed by atoms with E-state index in [0.717, 1.165) is 18.4 Å². The smallest absolute Gasteiger partial charge is 0.233 e. The van der Waals surface area contributed by atoms with Crippen LogP contribution >= 0.6 is 0 Å². The number of benzene rings is 1. The van der Waals surface area contributed by atoms with Crippen molar-refractivity contribution in [1.29, 1.82) is 0 Å². The van der Waals surface area contributed by atoms with E-state index in [1.807, 2.05) is 18.2 Å². The Kier molecular flexibility index (Phi) is 8.00. The van der Waals surface area contributed by atoms with Crippen LogP contribution in [0.15, 0.2) is 36.4 Å². The lowest BCUT2D eigenvalue weighted by Gasteiger charge is -2.09. The average molecular weight is 364 g/mol. The molecule has 4 heteroatoms. The number of ketones is 1. The summed E-state index contributed by atoms with van der Waals surface area (Å²) in [7, 11) is 0. The molecular weight excluding hydrogens is 336 g/mol. The SMILES string of the molecule is CC(=O)CC(C)Cc1ccc(C#Cc2ccc(OCCC(C)C)nn2)cc1. The van der Waals surface area contributed by atoms with Crippen molar-refractivity contribution in [3.05, 3.63) is 53.2 Å². The van der Waals surface area contributed by atoms with Crippen molar-refractivity contribution in [1.82, 2.24) is 10.2 Å². The maximum Gasteiger partial charge on any atom is 0.233 e. The Balaban J connectivity index is 1.90. The molecule has 1 aromatic carbocycles. The van der Waals surface area contributed by atoms with Gasteiger partial charge >= 0.3 is 0 Å². The molecule has 0 fully saturated rings. The van der Waals surface area contributed by atoms with Gasteiger partial charge in [-0.1, -0.05) is 38.8 Å². The van der Waals surface area contributed by atoms with Crippen LogP contribution in [0, 0.1) is 23.7 Å². The molecule has 1 atom stereocenters. The summed E-state index contributed by atoms with van der Waals surface area (Å²) >= 11 is 0. The zero-order valence-electron chi connectivity index (χ0n) is 16.7. The first kappa shape index (κ1) is 20.6. The summed E-state index contributed by atoms with van der Waals surface area (Å²) in [6.45, 7) is 8.71. The number of rotatable bonds is 8. The lowest BCUT2D eigenvalue weighted by Crippen LogP contribution is -2.04. The van der Waals surface area contributed by atoms with Crippen LogP contribution in [0.1, 0.15) is 57.4 Å². The molecule has 0 saturated heterocycles. The van der Waals surface area contributed by atoms with Gasteiger partial charge in [-0.3, -0.25) is 0 Å². The van der Waals surface area contributed by atoms with Crippen LogP contribution in [0.5, 0.6) is 5.88 Å². The van der Waals surface area contributed by atoms with Gasteiger partial charge in [0.25, 0.3) is 0 Å². The maximum absolute atomic E-state index is 11.2. The summed E-state index contributed by atoms with van der Waals surface area (Å²) in [5.74, 6) is 7.86. The fraction of sp³-hybridized carbons (Fsp3) is 0.435. The fourth-order valence-corrected chi connectivity index (χ4v) is 2.69. The highest BCUT2D eigenvalue weighted by molar-refractivity contribution is 5.75. The van der Waals surface area contributed by atoms with Crippen molar-refractivity contribution < 1.29 is 9.53 Å². The number of ether oxygens (including phenoxy) is 1. The highest BCUT2D eigenvalue weighted by Crippen LogP contribution is 2.13. The molecule has 1 aromatic heterocycles. The first-order chi connectivity index (χ1) is 12.9. The molecule has 0 aliphatic carbocycles. The van der Waals surface area contributed by atoms with E-state index in [0.29, 0.717) is 36.4 Å². The zero-order chi connectivity index (χ0) is 19.6. The predicted molar refractivity (Wildman–Crippen MR) is 108 cm³/mol. The second-order valence-corrected chi connectivity index (χ2v) is 7.45. The van der Waals surface area contributed by atoms with Gasteiger partial charge in [-0.2, -0.15) is 0 Å². The Morgan fingerprint density at radius 2 is 1.78 bits per heavy atom. The van der Waals surface area contributed by atoms with E-state index in [-0.39, 0.29) is 5.78 Å². The number of carbonyl (C=O) groups excluding carboxylic acids is 1. The maximum atomic E-state index is 11.2.